The van der Waals surface area contributed by atoms with E-state index in [-0.39, 0.29) is 16.6 Å². The van der Waals surface area contributed by atoms with Crippen molar-refractivity contribution in [1.29, 1.82) is 0 Å². The van der Waals surface area contributed by atoms with Gasteiger partial charge in [0.25, 0.3) is 0 Å². The first-order valence-electron chi connectivity index (χ1n) is 6.53. The van der Waals surface area contributed by atoms with E-state index in [4.69, 9.17) is 16.3 Å². The smallest absolute Gasteiger partial charge is 0.417 e. The molecule has 0 fully saturated rings. The summed E-state index contributed by atoms with van der Waals surface area (Å²) in [6, 6.07) is 5.78. The summed E-state index contributed by atoms with van der Waals surface area (Å²) in [4.78, 5) is 19.2. The number of nitrogens with zero attached hydrogens (tertiary/aromatic N) is 2. The molecule has 1 aliphatic heterocycles. The zero-order valence-electron chi connectivity index (χ0n) is 11.6. The van der Waals surface area contributed by atoms with Crippen molar-refractivity contribution in [3.63, 3.8) is 0 Å². The number of aldehydes is 1. The topological polar surface area (TPSA) is 51.5 Å². The minimum Gasteiger partial charge on any atom is -0.460 e. The third kappa shape index (κ3) is 3.16. The fraction of sp³-hybridized carbons (Fsp3) is 0.133. The van der Waals surface area contributed by atoms with E-state index in [2.05, 4.69) is 25.9 Å². The molecule has 1 atom stereocenters. The summed E-state index contributed by atoms with van der Waals surface area (Å²) in [6.45, 7) is 0. The number of carbonyl (C=O) groups is 1. The minimum atomic E-state index is -4.56. The van der Waals surface area contributed by atoms with E-state index in [0.29, 0.717) is 23.7 Å². The molecule has 0 spiro atoms. The van der Waals surface area contributed by atoms with Gasteiger partial charge in [0.2, 0.25) is 5.90 Å². The van der Waals surface area contributed by atoms with Gasteiger partial charge in [0.05, 0.1) is 16.3 Å². The summed E-state index contributed by atoms with van der Waals surface area (Å²) in [5, 5.41) is -0.270. The van der Waals surface area contributed by atoms with Gasteiger partial charge >= 0.3 is 6.18 Å². The molecule has 0 saturated heterocycles. The Morgan fingerprint density at radius 3 is 2.67 bits per heavy atom. The first-order chi connectivity index (χ1) is 11.3. The lowest BCUT2D eigenvalue weighted by Gasteiger charge is -2.22. The minimum absolute atomic E-state index is 0.0647. The first-order valence-corrected chi connectivity index (χ1v) is 7.70. The monoisotopic (exact) mass is 418 g/mol. The van der Waals surface area contributed by atoms with Crippen LogP contribution in [0.4, 0.5) is 18.9 Å². The van der Waals surface area contributed by atoms with Crippen LogP contribution in [0.2, 0.25) is 5.02 Å². The number of alkyl halides is 3. The zero-order chi connectivity index (χ0) is 17.5. The number of rotatable bonds is 2. The molecule has 0 radical (unpaired) electrons. The molecule has 0 saturated carbocycles. The van der Waals surface area contributed by atoms with Crippen molar-refractivity contribution >= 4 is 45.4 Å². The Morgan fingerprint density at radius 2 is 2.04 bits per heavy atom. The highest BCUT2D eigenvalue weighted by Gasteiger charge is 2.33. The molecule has 1 unspecified atom stereocenters. The van der Waals surface area contributed by atoms with Crippen molar-refractivity contribution < 1.29 is 22.7 Å². The number of halogens is 5. The summed E-state index contributed by atoms with van der Waals surface area (Å²) < 4.78 is 44.2. The van der Waals surface area contributed by atoms with Gasteiger partial charge < -0.3 is 4.74 Å². The van der Waals surface area contributed by atoms with E-state index in [0.717, 1.165) is 10.5 Å². The second-order valence-electron chi connectivity index (χ2n) is 4.85. The first kappa shape index (κ1) is 16.9. The van der Waals surface area contributed by atoms with Gasteiger partial charge in [-0.3, -0.25) is 4.79 Å². The molecule has 24 heavy (non-hydrogen) atoms. The maximum absolute atomic E-state index is 12.7. The van der Waals surface area contributed by atoms with Crippen molar-refractivity contribution in [2.75, 3.05) is 0 Å². The molecule has 0 bridgehead atoms. The van der Waals surface area contributed by atoms with Crippen molar-refractivity contribution in [3.8, 4) is 0 Å². The van der Waals surface area contributed by atoms with Crippen molar-refractivity contribution in [2.45, 2.75) is 12.3 Å². The summed E-state index contributed by atoms with van der Waals surface area (Å²) in [5.41, 5.74) is -0.0607. The Hall–Kier alpha value is -1.93. The molecule has 1 aromatic heterocycles. The fourth-order valence-corrected chi connectivity index (χ4v) is 2.76. The van der Waals surface area contributed by atoms with Crippen LogP contribution in [0.5, 0.6) is 0 Å². The van der Waals surface area contributed by atoms with E-state index in [1.165, 1.54) is 0 Å². The van der Waals surface area contributed by atoms with Gasteiger partial charge in [-0.2, -0.15) is 13.2 Å². The van der Waals surface area contributed by atoms with Gasteiger partial charge in [0, 0.05) is 16.2 Å². The average Bonchev–Trinajstić information content (AvgIpc) is 2.53. The van der Waals surface area contributed by atoms with Gasteiger partial charge in [-0.05, 0) is 24.3 Å². The Morgan fingerprint density at radius 1 is 1.29 bits per heavy atom. The number of carbonyl (C=O) groups excluding carboxylic acids is 1. The summed E-state index contributed by atoms with van der Waals surface area (Å²) in [5.74, 6) is -0.111. The molecule has 2 aromatic rings. The van der Waals surface area contributed by atoms with Crippen molar-refractivity contribution in [2.24, 2.45) is 4.99 Å². The van der Waals surface area contributed by atoms with Gasteiger partial charge in [0.15, 0.2) is 12.4 Å². The summed E-state index contributed by atoms with van der Waals surface area (Å²) in [6.07, 6.45) is -4.31. The van der Waals surface area contributed by atoms with Crippen molar-refractivity contribution in [1.82, 2.24) is 4.98 Å². The molecule has 3 rings (SSSR count). The van der Waals surface area contributed by atoms with Crippen LogP contribution in [0, 0.1) is 0 Å². The van der Waals surface area contributed by atoms with Crippen molar-refractivity contribution in [3.05, 3.63) is 56.8 Å². The Bertz CT molecular complexity index is 855. The molecule has 1 aliphatic rings. The number of aliphatic imine (C=N–C) groups is 1. The highest BCUT2D eigenvalue weighted by atomic mass is 79.9. The van der Waals surface area contributed by atoms with Crippen LogP contribution in [-0.4, -0.2) is 17.2 Å². The molecule has 9 heteroatoms. The van der Waals surface area contributed by atoms with E-state index in [1.807, 2.05) is 0 Å². The van der Waals surface area contributed by atoms with Gasteiger partial charge in [0.1, 0.15) is 5.69 Å². The lowest BCUT2D eigenvalue weighted by Crippen LogP contribution is -2.19. The average molecular weight is 420 g/mol. The lowest BCUT2D eigenvalue weighted by atomic mass is 10.1. The quantitative estimate of drug-likeness (QED) is 0.653. The van der Waals surface area contributed by atoms with Crippen LogP contribution >= 0.6 is 27.5 Å². The third-order valence-corrected chi connectivity index (χ3v) is 4.03. The predicted octanol–water partition coefficient (Wildman–Crippen LogP) is 4.86. The number of aromatic nitrogens is 1. The Labute approximate surface area is 147 Å². The van der Waals surface area contributed by atoms with E-state index < -0.39 is 17.8 Å². The maximum atomic E-state index is 12.7. The van der Waals surface area contributed by atoms with E-state index >= 15 is 0 Å². The van der Waals surface area contributed by atoms with Crippen LogP contribution < -0.4 is 0 Å². The molecule has 0 N–H and O–H groups in total. The number of fused-ring (bicyclic) bond motifs is 1. The second-order valence-corrected chi connectivity index (χ2v) is 6.17. The largest absolute Gasteiger partial charge is 0.460 e. The fourth-order valence-electron chi connectivity index (χ4n) is 2.13. The van der Waals surface area contributed by atoms with Crippen LogP contribution in [0.15, 0.2) is 39.9 Å². The van der Waals surface area contributed by atoms with Crippen LogP contribution in [0.3, 0.4) is 0 Å². The maximum Gasteiger partial charge on any atom is 0.417 e. The second kappa shape index (κ2) is 6.18. The predicted molar refractivity (Wildman–Crippen MR) is 84.5 cm³/mol. The summed E-state index contributed by atoms with van der Waals surface area (Å²) in [7, 11) is 0. The molecule has 4 nitrogen and oxygen atoms in total. The number of ether oxygens (including phenoxy) is 1. The Balaban J connectivity index is 2.07. The van der Waals surface area contributed by atoms with Gasteiger partial charge in [-0.15, -0.1) is 0 Å². The van der Waals surface area contributed by atoms with E-state index in [1.54, 1.807) is 18.2 Å². The third-order valence-electron chi connectivity index (χ3n) is 3.25. The van der Waals surface area contributed by atoms with Gasteiger partial charge in [-0.25, -0.2) is 9.98 Å². The molecule has 0 aliphatic carbocycles. The SMILES string of the molecule is O=CC1OC(c2ncc(C(F)(F)F)cc2Cl)=Nc2ccc(Br)cc21. The molecular weight excluding hydrogens is 413 g/mol. The molecular formula is C15H7BrClF3N2O2. The number of hydrogen-bond donors (Lipinski definition) is 0. The molecule has 0 amide bonds. The van der Waals surface area contributed by atoms with Crippen LogP contribution in [0.25, 0.3) is 0 Å². The Kier molecular flexibility index (Phi) is 4.35. The number of benzene rings is 1. The molecule has 124 valence electrons. The number of pyridine rings is 1. The standard InChI is InChI=1S/C15H7BrClF3N2O2/c16-8-1-2-11-9(4-8)12(6-23)24-14(22-11)13-10(17)3-7(5-21-13)15(18,19)20/h1-6,12H. The lowest BCUT2D eigenvalue weighted by molar-refractivity contribution is -0.137. The number of hydrogen-bond acceptors (Lipinski definition) is 4. The zero-order valence-corrected chi connectivity index (χ0v) is 14.0. The molecule has 1 aromatic carbocycles. The highest BCUT2D eigenvalue weighted by molar-refractivity contribution is 9.10. The van der Waals surface area contributed by atoms with Crippen LogP contribution in [0.1, 0.15) is 22.9 Å². The van der Waals surface area contributed by atoms with Crippen LogP contribution in [-0.2, 0) is 15.7 Å². The highest BCUT2D eigenvalue weighted by Crippen LogP contribution is 2.37. The normalized spacial score (nSPS) is 16.9. The van der Waals surface area contributed by atoms with E-state index in [9.17, 15) is 18.0 Å². The van der Waals surface area contributed by atoms with Gasteiger partial charge in [-0.1, -0.05) is 27.5 Å². The summed E-state index contributed by atoms with van der Waals surface area (Å²) >= 11 is 9.18. The molecule has 2 heterocycles.